The van der Waals surface area contributed by atoms with Crippen molar-refractivity contribution in [1.82, 2.24) is 5.32 Å². The molecule has 88 valence electrons. The maximum absolute atomic E-state index is 11.5. The molecule has 0 unspecified atom stereocenters. The predicted molar refractivity (Wildman–Crippen MR) is 61.4 cm³/mol. The van der Waals surface area contributed by atoms with Crippen molar-refractivity contribution in [2.45, 2.75) is 12.8 Å². The number of benzene rings is 1. The fourth-order valence-electron chi connectivity index (χ4n) is 1.34. The van der Waals surface area contributed by atoms with E-state index in [1.54, 1.807) is 7.11 Å². The first kappa shape index (κ1) is 12.5. The summed E-state index contributed by atoms with van der Waals surface area (Å²) in [6.45, 7) is 0.610. The van der Waals surface area contributed by atoms with Crippen LogP contribution in [-0.2, 0) is 11.2 Å². The molecule has 4 heteroatoms. The SMILES string of the molecule is COc1cccc(CC(=O)NCCCO)c1. The van der Waals surface area contributed by atoms with Crippen molar-refractivity contribution in [3.8, 4) is 5.75 Å². The summed E-state index contributed by atoms with van der Waals surface area (Å²) in [4.78, 5) is 11.5. The molecule has 0 aliphatic heterocycles. The van der Waals surface area contributed by atoms with Crippen LogP contribution in [0, 0.1) is 0 Å². The Labute approximate surface area is 95.2 Å². The van der Waals surface area contributed by atoms with Crippen LogP contribution in [0.5, 0.6) is 5.75 Å². The summed E-state index contributed by atoms with van der Waals surface area (Å²) in [6, 6.07) is 7.42. The number of methoxy groups -OCH3 is 1. The average Bonchev–Trinajstić information content (AvgIpc) is 2.29. The molecule has 0 atom stereocenters. The summed E-state index contributed by atoms with van der Waals surface area (Å²) in [7, 11) is 1.60. The van der Waals surface area contributed by atoms with Gasteiger partial charge in [0.15, 0.2) is 0 Å². The van der Waals surface area contributed by atoms with E-state index in [1.165, 1.54) is 0 Å². The number of carbonyl (C=O) groups excluding carboxylic acids is 1. The normalized spacial score (nSPS) is 9.88. The second-order valence-corrected chi connectivity index (χ2v) is 3.46. The first-order valence-corrected chi connectivity index (χ1v) is 5.26. The van der Waals surface area contributed by atoms with Gasteiger partial charge in [0.1, 0.15) is 5.75 Å². The van der Waals surface area contributed by atoms with E-state index in [0.717, 1.165) is 11.3 Å². The van der Waals surface area contributed by atoms with Gasteiger partial charge in [-0.15, -0.1) is 0 Å². The van der Waals surface area contributed by atoms with Crippen molar-refractivity contribution < 1.29 is 14.6 Å². The lowest BCUT2D eigenvalue weighted by molar-refractivity contribution is -0.120. The molecule has 1 aromatic rings. The minimum atomic E-state index is -0.0401. The second kappa shape index (κ2) is 6.85. The largest absolute Gasteiger partial charge is 0.497 e. The van der Waals surface area contributed by atoms with E-state index in [9.17, 15) is 4.79 Å². The lowest BCUT2D eigenvalue weighted by Crippen LogP contribution is -2.26. The summed E-state index contributed by atoms with van der Waals surface area (Å²) in [5.74, 6) is 0.711. The number of hydrogen-bond acceptors (Lipinski definition) is 3. The molecule has 0 bridgehead atoms. The van der Waals surface area contributed by atoms with E-state index < -0.39 is 0 Å². The van der Waals surface area contributed by atoms with Crippen LogP contribution in [0.15, 0.2) is 24.3 Å². The summed E-state index contributed by atoms with van der Waals surface area (Å²) in [5.41, 5.74) is 0.917. The monoisotopic (exact) mass is 223 g/mol. The highest BCUT2D eigenvalue weighted by atomic mass is 16.5. The van der Waals surface area contributed by atoms with Gasteiger partial charge in [-0.3, -0.25) is 4.79 Å². The molecular formula is C12H17NO3. The van der Waals surface area contributed by atoms with Gasteiger partial charge in [0.2, 0.25) is 5.91 Å². The molecule has 1 amide bonds. The Balaban J connectivity index is 2.43. The first-order chi connectivity index (χ1) is 7.76. The molecule has 4 nitrogen and oxygen atoms in total. The van der Waals surface area contributed by atoms with Gasteiger partial charge in [-0.2, -0.15) is 0 Å². The van der Waals surface area contributed by atoms with Crippen molar-refractivity contribution in [3.05, 3.63) is 29.8 Å². The summed E-state index contributed by atoms with van der Waals surface area (Å²) in [6.07, 6.45) is 0.923. The third kappa shape index (κ3) is 4.31. The van der Waals surface area contributed by atoms with Gasteiger partial charge >= 0.3 is 0 Å². The van der Waals surface area contributed by atoms with E-state index in [0.29, 0.717) is 19.4 Å². The van der Waals surface area contributed by atoms with Crippen LogP contribution >= 0.6 is 0 Å². The van der Waals surface area contributed by atoms with E-state index >= 15 is 0 Å². The van der Waals surface area contributed by atoms with Crippen molar-refractivity contribution in [2.75, 3.05) is 20.3 Å². The standard InChI is InChI=1S/C12H17NO3/c1-16-11-5-2-4-10(8-11)9-12(15)13-6-3-7-14/h2,4-5,8,14H,3,6-7,9H2,1H3,(H,13,15). The lowest BCUT2D eigenvalue weighted by Gasteiger charge is -2.05. The Hall–Kier alpha value is -1.55. The van der Waals surface area contributed by atoms with Crippen LogP contribution in [0.3, 0.4) is 0 Å². The van der Waals surface area contributed by atoms with Crippen LogP contribution in [-0.4, -0.2) is 31.3 Å². The Morgan fingerprint density at radius 2 is 2.31 bits per heavy atom. The maximum Gasteiger partial charge on any atom is 0.224 e. The Morgan fingerprint density at radius 1 is 1.50 bits per heavy atom. The lowest BCUT2D eigenvalue weighted by atomic mass is 10.1. The topological polar surface area (TPSA) is 58.6 Å². The van der Waals surface area contributed by atoms with E-state index in [1.807, 2.05) is 24.3 Å². The fourth-order valence-corrected chi connectivity index (χ4v) is 1.34. The van der Waals surface area contributed by atoms with Gasteiger partial charge in [-0.25, -0.2) is 0 Å². The Kier molecular flexibility index (Phi) is 5.36. The van der Waals surface area contributed by atoms with E-state index in [2.05, 4.69) is 5.32 Å². The molecule has 0 fully saturated rings. The number of aliphatic hydroxyl groups excluding tert-OH is 1. The number of nitrogens with one attached hydrogen (secondary N) is 1. The summed E-state index contributed by atoms with van der Waals surface area (Å²) >= 11 is 0. The maximum atomic E-state index is 11.5. The third-order valence-electron chi connectivity index (χ3n) is 2.16. The molecule has 2 N–H and O–H groups in total. The van der Waals surface area contributed by atoms with Gasteiger partial charge in [0, 0.05) is 13.2 Å². The van der Waals surface area contributed by atoms with Crippen molar-refractivity contribution in [2.24, 2.45) is 0 Å². The predicted octanol–water partition coefficient (Wildman–Crippen LogP) is 0.736. The minimum Gasteiger partial charge on any atom is -0.497 e. The smallest absolute Gasteiger partial charge is 0.224 e. The molecule has 0 spiro atoms. The number of rotatable bonds is 6. The molecule has 0 aromatic heterocycles. The van der Waals surface area contributed by atoms with Gasteiger partial charge in [0.25, 0.3) is 0 Å². The summed E-state index contributed by atoms with van der Waals surface area (Å²) in [5, 5.41) is 11.3. The molecule has 0 saturated heterocycles. The Bertz CT molecular complexity index is 339. The van der Waals surface area contributed by atoms with Gasteiger partial charge < -0.3 is 15.2 Å². The summed E-state index contributed by atoms with van der Waals surface area (Å²) < 4.78 is 5.07. The molecule has 1 rings (SSSR count). The molecule has 0 saturated carbocycles. The molecule has 0 heterocycles. The molecule has 1 aromatic carbocycles. The van der Waals surface area contributed by atoms with Crippen LogP contribution in [0.1, 0.15) is 12.0 Å². The van der Waals surface area contributed by atoms with Crippen LogP contribution < -0.4 is 10.1 Å². The van der Waals surface area contributed by atoms with E-state index in [-0.39, 0.29) is 12.5 Å². The third-order valence-corrected chi connectivity index (χ3v) is 2.16. The van der Waals surface area contributed by atoms with Crippen LogP contribution in [0.4, 0.5) is 0 Å². The zero-order chi connectivity index (χ0) is 11.8. The van der Waals surface area contributed by atoms with Gasteiger partial charge in [-0.05, 0) is 24.1 Å². The van der Waals surface area contributed by atoms with Crippen LogP contribution in [0.2, 0.25) is 0 Å². The zero-order valence-corrected chi connectivity index (χ0v) is 9.40. The van der Waals surface area contributed by atoms with Gasteiger partial charge in [-0.1, -0.05) is 12.1 Å². The molecule has 16 heavy (non-hydrogen) atoms. The highest BCUT2D eigenvalue weighted by Crippen LogP contribution is 2.12. The molecular weight excluding hydrogens is 206 g/mol. The molecule has 0 aliphatic rings. The number of amides is 1. The van der Waals surface area contributed by atoms with E-state index in [4.69, 9.17) is 9.84 Å². The highest BCUT2D eigenvalue weighted by molar-refractivity contribution is 5.78. The minimum absolute atomic E-state index is 0.0401. The quantitative estimate of drug-likeness (QED) is 0.699. The van der Waals surface area contributed by atoms with Crippen LogP contribution in [0.25, 0.3) is 0 Å². The van der Waals surface area contributed by atoms with Crippen molar-refractivity contribution >= 4 is 5.91 Å². The number of ether oxygens (including phenoxy) is 1. The number of aliphatic hydroxyl groups is 1. The number of carbonyl (C=O) groups is 1. The zero-order valence-electron chi connectivity index (χ0n) is 9.40. The fraction of sp³-hybridized carbons (Fsp3) is 0.417. The molecule has 0 radical (unpaired) electrons. The first-order valence-electron chi connectivity index (χ1n) is 5.26. The van der Waals surface area contributed by atoms with Crippen molar-refractivity contribution in [1.29, 1.82) is 0 Å². The molecule has 0 aliphatic carbocycles. The van der Waals surface area contributed by atoms with Gasteiger partial charge in [0.05, 0.1) is 13.5 Å². The number of hydrogen-bond donors (Lipinski definition) is 2. The average molecular weight is 223 g/mol. The Morgan fingerprint density at radius 3 is 3.00 bits per heavy atom. The second-order valence-electron chi connectivity index (χ2n) is 3.46. The highest BCUT2D eigenvalue weighted by Gasteiger charge is 2.03. The van der Waals surface area contributed by atoms with Crippen molar-refractivity contribution in [3.63, 3.8) is 0 Å².